The van der Waals surface area contributed by atoms with Gasteiger partial charge >= 0.3 is 0 Å². The van der Waals surface area contributed by atoms with Gasteiger partial charge in [-0.2, -0.15) is 0 Å². The van der Waals surface area contributed by atoms with E-state index in [-0.39, 0.29) is 0 Å². The summed E-state index contributed by atoms with van der Waals surface area (Å²) >= 11 is 9.41. The Kier molecular flexibility index (Phi) is 2.79. The maximum absolute atomic E-state index is 6.05. The fourth-order valence-corrected chi connectivity index (χ4v) is 1.82. The lowest BCUT2D eigenvalue weighted by atomic mass is 10.1. The number of benzene rings is 1. The van der Waals surface area contributed by atoms with Gasteiger partial charge in [0.25, 0.3) is 0 Å². The number of hydrogen-bond donors (Lipinski definition) is 0. The van der Waals surface area contributed by atoms with Crippen molar-refractivity contribution in [2.45, 2.75) is 0 Å². The van der Waals surface area contributed by atoms with Crippen molar-refractivity contribution >= 4 is 27.5 Å². The van der Waals surface area contributed by atoms with Crippen molar-refractivity contribution in [3.63, 3.8) is 0 Å². The Bertz CT molecular complexity index is 416. The summed E-state index contributed by atoms with van der Waals surface area (Å²) in [5, 5.41) is 0.697. The number of nitrogens with zero attached hydrogens (tertiary/aromatic N) is 2. The Morgan fingerprint density at radius 1 is 1.14 bits per heavy atom. The van der Waals surface area contributed by atoms with Crippen LogP contribution in [0.2, 0.25) is 5.02 Å². The molecule has 0 fully saturated rings. The zero-order valence-electron chi connectivity index (χ0n) is 7.11. The summed E-state index contributed by atoms with van der Waals surface area (Å²) in [7, 11) is 0. The normalized spacial score (nSPS) is 10.1. The van der Waals surface area contributed by atoms with Crippen LogP contribution in [0.3, 0.4) is 0 Å². The van der Waals surface area contributed by atoms with Crippen LogP contribution in [0.25, 0.3) is 11.1 Å². The molecule has 0 aliphatic rings. The van der Waals surface area contributed by atoms with Gasteiger partial charge in [0.05, 0.1) is 0 Å². The second-order valence-electron chi connectivity index (χ2n) is 2.71. The van der Waals surface area contributed by atoms with Gasteiger partial charge in [0, 0.05) is 22.3 Å². The van der Waals surface area contributed by atoms with Gasteiger partial charge in [0.1, 0.15) is 10.9 Å². The molecule has 2 aromatic rings. The second-order valence-corrected chi connectivity index (χ2v) is 3.87. The fourth-order valence-electron chi connectivity index (χ4n) is 1.18. The predicted molar refractivity (Wildman–Crippen MR) is 60.2 cm³/mol. The van der Waals surface area contributed by atoms with E-state index in [0.29, 0.717) is 5.02 Å². The van der Waals surface area contributed by atoms with Gasteiger partial charge in [0.15, 0.2) is 0 Å². The first kappa shape index (κ1) is 9.62. The van der Waals surface area contributed by atoms with E-state index in [1.54, 1.807) is 6.20 Å². The van der Waals surface area contributed by atoms with Crippen molar-refractivity contribution in [1.82, 2.24) is 9.97 Å². The minimum absolute atomic E-state index is 0.697. The molecule has 0 N–H and O–H groups in total. The van der Waals surface area contributed by atoms with Crippen molar-refractivity contribution in [2.75, 3.05) is 0 Å². The molecule has 0 aliphatic carbocycles. The highest BCUT2D eigenvalue weighted by Gasteiger charge is 2.06. The van der Waals surface area contributed by atoms with Crippen molar-refractivity contribution in [3.8, 4) is 11.1 Å². The van der Waals surface area contributed by atoms with E-state index in [2.05, 4.69) is 25.9 Å². The van der Waals surface area contributed by atoms with Crippen molar-refractivity contribution < 1.29 is 0 Å². The molecule has 4 heteroatoms. The summed E-state index contributed by atoms with van der Waals surface area (Å²) in [6.45, 7) is 0. The maximum Gasteiger partial charge on any atom is 0.117 e. The molecule has 0 atom stereocenters. The lowest BCUT2D eigenvalue weighted by molar-refractivity contribution is 1.14. The third-order valence-electron chi connectivity index (χ3n) is 1.83. The van der Waals surface area contributed by atoms with Crippen LogP contribution in [0.1, 0.15) is 0 Å². The highest BCUT2D eigenvalue weighted by atomic mass is 79.9. The fraction of sp³-hybridized carbons (Fsp3) is 0. The summed E-state index contributed by atoms with van der Waals surface area (Å²) in [5.74, 6) is 0. The molecule has 1 heterocycles. The predicted octanol–water partition coefficient (Wildman–Crippen LogP) is 3.56. The van der Waals surface area contributed by atoms with Gasteiger partial charge in [-0.1, -0.05) is 29.8 Å². The highest BCUT2D eigenvalue weighted by Crippen LogP contribution is 2.30. The van der Waals surface area contributed by atoms with E-state index in [1.165, 1.54) is 6.33 Å². The van der Waals surface area contributed by atoms with Crippen LogP contribution < -0.4 is 0 Å². The largest absolute Gasteiger partial charge is 0.244 e. The molecule has 1 aromatic carbocycles. The molecule has 14 heavy (non-hydrogen) atoms. The van der Waals surface area contributed by atoms with Crippen LogP contribution in [0, 0.1) is 0 Å². The molecule has 2 nitrogen and oxygen atoms in total. The minimum atomic E-state index is 0.697. The Labute approximate surface area is 95.1 Å². The molecule has 1 aromatic heterocycles. The quantitative estimate of drug-likeness (QED) is 0.740. The number of aromatic nitrogens is 2. The zero-order chi connectivity index (χ0) is 9.97. The van der Waals surface area contributed by atoms with Crippen molar-refractivity contribution in [3.05, 3.63) is 46.4 Å². The highest BCUT2D eigenvalue weighted by molar-refractivity contribution is 9.10. The molecule has 0 saturated carbocycles. The summed E-state index contributed by atoms with van der Waals surface area (Å²) in [5.41, 5.74) is 1.83. The second kappa shape index (κ2) is 4.07. The molecule has 70 valence electrons. The van der Waals surface area contributed by atoms with Gasteiger partial charge in [-0.3, -0.25) is 0 Å². The van der Waals surface area contributed by atoms with Crippen LogP contribution in [0.15, 0.2) is 41.4 Å². The molecule has 2 rings (SSSR count). The molecule has 0 aliphatic heterocycles. The maximum atomic E-state index is 6.05. The zero-order valence-corrected chi connectivity index (χ0v) is 9.46. The Hall–Kier alpha value is -0.930. The van der Waals surface area contributed by atoms with Crippen LogP contribution in [0.5, 0.6) is 0 Å². The molecule has 0 bridgehead atoms. The van der Waals surface area contributed by atoms with E-state index in [1.807, 2.05) is 24.3 Å². The topological polar surface area (TPSA) is 25.8 Å². The van der Waals surface area contributed by atoms with E-state index in [9.17, 15) is 0 Å². The van der Waals surface area contributed by atoms with Crippen LogP contribution in [0.4, 0.5) is 0 Å². The van der Waals surface area contributed by atoms with Crippen LogP contribution >= 0.6 is 27.5 Å². The third kappa shape index (κ3) is 1.79. The lowest BCUT2D eigenvalue weighted by Crippen LogP contribution is -1.86. The van der Waals surface area contributed by atoms with E-state index in [4.69, 9.17) is 11.6 Å². The van der Waals surface area contributed by atoms with Crippen molar-refractivity contribution in [1.29, 1.82) is 0 Å². The van der Waals surface area contributed by atoms with Gasteiger partial charge < -0.3 is 0 Å². The minimum Gasteiger partial charge on any atom is -0.244 e. The third-order valence-corrected chi connectivity index (χ3v) is 2.79. The average molecular weight is 270 g/mol. The summed E-state index contributed by atoms with van der Waals surface area (Å²) in [4.78, 5) is 8.01. The molecule has 0 unspecified atom stereocenters. The lowest BCUT2D eigenvalue weighted by Gasteiger charge is -2.04. The van der Waals surface area contributed by atoms with E-state index in [0.717, 1.165) is 15.7 Å². The summed E-state index contributed by atoms with van der Waals surface area (Å²) in [6.07, 6.45) is 3.22. The van der Waals surface area contributed by atoms with Crippen molar-refractivity contribution in [2.24, 2.45) is 0 Å². The van der Waals surface area contributed by atoms with Gasteiger partial charge in [-0.05, 0) is 22.0 Å². The Morgan fingerprint density at radius 3 is 2.64 bits per heavy atom. The SMILES string of the molecule is Clc1ccccc1-c1cncnc1Br. The van der Waals surface area contributed by atoms with Gasteiger partial charge in [-0.15, -0.1) is 0 Å². The molecule has 0 radical (unpaired) electrons. The first-order valence-corrected chi connectivity index (χ1v) is 5.16. The van der Waals surface area contributed by atoms with E-state index >= 15 is 0 Å². The molecular weight excluding hydrogens is 263 g/mol. The van der Waals surface area contributed by atoms with Gasteiger partial charge in [0.2, 0.25) is 0 Å². The number of hydrogen-bond acceptors (Lipinski definition) is 2. The van der Waals surface area contributed by atoms with E-state index < -0.39 is 0 Å². The number of rotatable bonds is 1. The van der Waals surface area contributed by atoms with Crippen LogP contribution in [-0.4, -0.2) is 9.97 Å². The molecule has 0 saturated heterocycles. The Balaban J connectivity index is 2.61. The smallest absolute Gasteiger partial charge is 0.117 e. The summed E-state index contributed by atoms with van der Waals surface area (Å²) in [6, 6.07) is 7.60. The first-order valence-electron chi connectivity index (χ1n) is 3.99. The molecular formula is C10H6BrClN2. The van der Waals surface area contributed by atoms with Gasteiger partial charge in [-0.25, -0.2) is 9.97 Å². The standard InChI is InChI=1S/C10H6BrClN2/c11-10-8(5-13-6-14-10)7-3-1-2-4-9(7)12/h1-6H. The van der Waals surface area contributed by atoms with Crippen LogP contribution in [-0.2, 0) is 0 Å². The Morgan fingerprint density at radius 2 is 1.93 bits per heavy atom. The number of halogens is 2. The summed E-state index contributed by atoms with van der Waals surface area (Å²) < 4.78 is 0.751. The molecule has 0 spiro atoms. The monoisotopic (exact) mass is 268 g/mol. The first-order chi connectivity index (χ1) is 6.79. The molecule has 0 amide bonds. The average Bonchev–Trinajstić information content (AvgIpc) is 2.20.